The molecule has 7 heteroatoms. The number of carbonyl (C=O) groups excluding carboxylic acids is 1. The number of hydrogen-bond donors (Lipinski definition) is 1. The Morgan fingerprint density at radius 2 is 2.32 bits per heavy atom. The maximum Gasteiger partial charge on any atom is 0.254 e. The maximum atomic E-state index is 12.4. The SMILES string of the molecule is CS(=O)(=O)NCC1CCCCN1C(=O)c1ccsc1. The Morgan fingerprint density at radius 3 is 2.95 bits per heavy atom. The van der Waals surface area contributed by atoms with Crippen molar-refractivity contribution in [2.45, 2.75) is 25.3 Å². The van der Waals surface area contributed by atoms with Crippen LogP contribution in [0.15, 0.2) is 16.8 Å². The number of likely N-dealkylation sites (tertiary alicyclic amines) is 1. The van der Waals surface area contributed by atoms with Crippen LogP contribution < -0.4 is 4.72 Å². The molecule has 0 aliphatic carbocycles. The van der Waals surface area contributed by atoms with E-state index in [0.717, 1.165) is 25.5 Å². The fraction of sp³-hybridized carbons (Fsp3) is 0.583. The van der Waals surface area contributed by atoms with E-state index in [1.165, 1.54) is 11.3 Å². The molecule has 5 nitrogen and oxygen atoms in total. The van der Waals surface area contributed by atoms with Crippen LogP contribution in [0.3, 0.4) is 0 Å². The van der Waals surface area contributed by atoms with E-state index in [1.807, 2.05) is 16.8 Å². The molecule has 0 bridgehead atoms. The zero-order chi connectivity index (χ0) is 13.9. The van der Waals surface area contributed by atoms with Gasteiger partial charge in [0.15, 0.2) is 0 Å². The van der Waals surface area contributed by atoms with Crippen LogP contribution in [-0.4, -0.2) is 44.6 Å². The third-order valence-electron chi connectivity index (χ3n) is 3.24. The molecule has 2 heterocycles. The Hall–Kier alpha value is -0.920. The Kier molecular flexibility index (Phi) is 4.59. The van der Waals surface area contributed by atoms with E-state index in [1.54, 1.807) is 4.90 Å². The zero-order valence-corrected chi connectivity index (χ0v) is 12.5. The lowest BCUT2D eigenvalue weighted by Gasteiger charge is -2.35. The highest BCUT2D eigenvalue weighted by Crippen LogP contribution is 2.20. The van der Waals surface area contributed by atoms with E-state index >= 15 is 0 Å². The van der Waals surface area contributed by atoms with Gasteiger partial charge in [0.05, 0.1) is 11.8 Å². The summed E-state index contributed by atoms with van der Waals surface area (Å²) < 4.78 is 24.8. The average Bonchev–Trinajstić information content (AvgIpc) is 2.89. The summed E-state index contributed by atoms with van der Waals surface area (Å²) in [4.78, 5) is 14.1. The third-order valence-corrected chi connectivity index (χ3v) is 4.61. The second-order valence-electron chi connectivity index (χ2n) is 4.78. The van der Waals surface area contributed by atoms with Crippen LogP contribution in [0.4, 0.5) is 0 Å². The van der Waals surface area contributed by atoms with Crippen LogP contribution in [0.25, 0.3) is 0 Å². The normalized spacial score (nSPS) is 20.5. The minimum Gasteiger partial charge on any atom is -0.334 e. The van der Waals surface area contributed by atoms with Gasteiger partial charge in [0.25, 0.3) is 5.91 Å². The molecule has 1 unspecified atom stereocenters. The Bertz CT molecular complexity index is 525. The van der Waals surface area contributed by atoms with Crippen LogP contribution in [0.2, 0.25) is 0 Å². The highest BCUT2D eigenvalue weighted by atomic mass is 32.2. The van der Waals surface area contributed by atoms with Gasteiger partial charge in [-0.25, -0.2) is 13.1 Å². The molecule has 0 saturated carbocycles. The van der Waals surface area contributed by atoms with E-state index < -0.39 is 10.0 Å². The summed E-state index contributed by atoms with van der Waals surface area (Å²) in [5.41, 5.74) is 0.691. The van der Waals surface area contributed by atoms with Crippen molar-refractivity contribution in [1.82, 2.24) is 9.62 Å². The van der Waals surface area contributed by atoms with E-state index in [4.69, 9.17) is 0 Å². The Labute approximate surface area is 117 Å². The number of nitrogens with one attached hydrogen (secondary N) is 1. The topological polar surface area (TPSA) is 66.5 Å². The number of carbonyl (C=O) groups is 1. The highest BCUT2D eigenvalue weighted by Gasteiger charge is 2.28. The van der Waals surface area contributed by atoms with Gasteiger partial charge in [-0.05, 0) is 30.7 Å². The lowest BCUT2D eigenvalue weighted by molar-refractivity contribution is 0.0619. The minimum atomic E-state index is -3.21. The molecule has 106 valence electrons. The molecular formula is C12H18N2O3S2. The number of amides is 1. The molecule has 1 N–H and O–H groups in total. The number of thiophene rings is 1. The summed E-state index contributed by atoms with van der Waals surface area (Å²) in [5.74, 6) is 0.00116. The Morgan fingerprint density at radius 1 is 1.53 bits per heavy atom. The summed E-state index contributed by atoms with van der Waals surface area (Å²) in [5, 5.41) is 3.71. The van der Waals surface area contributed by atoms with Crippen molar-refractivity contribution in [3.63, 3.8) is 0 Å². The third kappa shape index (κ3) is 4.02. The van der Waals surface area contributed by atoms with Gasteiger partial charge in [-0.2, -0.15) is 11.3 Å². The number of piperidine rings is 1. The Balaban J connectivity index is 2.05. The summed E-state index contributed by atoms with van der Waals surface area (Å²) in [6.07, 6.45) is 3.99. The number of sulfonamides is 1. The lowest BCUT2D eigenvalue weighted by Crippen LogP contribution is -2.49. The lowest BCUT2D eigenvalue weighted by atomic mass is 10.0. The molecule has 0 spiro atoms. The number of hydrogen-bond acceptors (Lipinski definition) is 4. The molecular weight excluding hydrogens is 284 g/mol. The zero-order valence-electron chi connectivity index (χ0n) is 10.8. The monoisotopic (exact) mass is 302 g/mol. The van der Waals surface area contributed by atoms with Gasteiger partial charge in [0.1, 0.15) is 0 Å². The number of nitrogens with zero attached hydrogens (tertiary/aromatic N) is 1. The largest absolute Gasteiger partial charge is 0.334 e. The predicted octanol–water partition coefficient (Wildman–Crippen LogP) is 1.29. The second-order valence-corrected chi connectivity index (χ2v) is 7.39. The van der Waals surface area contributed by atoms with Crippen LogP contribution >= 0.6 is 11.3 Å². The van der Waals surface area contributed by atoms with Crippen molar-refractivity contribution in [3.8, 4) is 0 Å². The van der Waals surface area contributed by atoms with E-state index in [-0.39, 0.29) is 11.9 Å². The van der Waals surface area contributed by atoms with Crippen molar-refractivity contribution in [2.75, 3.05) is 19.3 Å². The first-order valence-electron chi connectivity index (χ1n) is 6.25. The predicted molar refractivity (Wildman–Crippen MR) is 75.8 cm³/mol. The van der Waals surface area contributed by atoms with Gasteiger partial charge < -0.3 is 4.90 Å². The molecule has 1 aliphatic heterocycles. The van der Waals surface area contributed by atoms with Crippen molar-refractivity contribution in [2.24, 2.45) is 0 Å². The molecule has 0 aromatic carbocycles. The van der Waals surface area contributed by atoms with Crippen molar-refractivity contribution in [3.05, 3.63) is 22.4 Å². The average molecular weight is 302 g/mol. The molecule has 0 radical (unpaired) electrons. The molecule has 1 aromatic rings. The van der Waals surface area contributed by atoms with Crippen LogP contribution in [0.1, 0.15) is 29.6 Å². The first kappa shape index (κ1) is 14.5. The number of rotatable bonds is 4. The van der Waals surface area contributed by atoms with Gasteiger partial charge in [-0.15, -0.1) is 0 Å². The maximum absolute atomic E-state index is 12.4. The molecule has 1 aromatic heterocycles. The van der Waals surface area contributed by atoms with Crippen molar-refractivity contribution in [1.29, 1.82) is 0 Å². The standard InChI is InChI=1S/C12H18N2O3S2/c1-19(16,17)13-8-11-4-2-3-6-14(11)12(15)10-5-7-18-9-10/h5,7,9,11,13H,2-4,6,8H2,1H3. The smallest absolute Gasteiger partial charge is 0.254 e. The van der Waals surface area contributed by atoms with Gasteiger partial charge >= 0.3 is 0 Å². The van der Waals surface area contributed by atoms with Crippen LogP contribution in [-0.2, 0) is 10.0 Å². The van der Waals surface area contributed by atoms with Gasteiger partial charge in [-0.1, -0.05) is 0 Å². The molecule has 1 fully saturated rings. The van der Waals surface area contributed by atoms with Crippen molar-refractivity contribution >= 4 is 27.3 Å². The summed E-state index contributed by atoms with van der Waals surface area (Å²) in [7, 11) is -3.21. The minimum absolute atomic E-state index is 0.00116. The summed E-state index contributed by atoms with van der Waals surface area (Å²) >= 11 is 1.49. The summed E-state index contributed by atoms with van der Waals surface area (Å²) in [6, 6.07) is 1.76. The quantitative estimate of drug-likeness (QED) is 0.911. The van der Waals surface area contributed by atoms with E-state index in [2.05, 4.69) is 4.72 Å². The molecule has 1 amide bonds. The summed E-state index contributed by atoms with van der Waals surface area (Å²) in [6.45, 7) is 1.000. The van der Waals surface area contributed by atoms with Crippen molar-refractivity contribution < 1.29 is 13.2 Å². The van der Waals surface area contributed by atoms with Gasteiger partial charge in [0.2, 0.25) is 10.0 Å². The molecule has 2 rings (SSSR count). The van der Waals surface area contributed by atoms with E-state index in [9.17, 15) is 13.2 Å². The van der Waals surface area contributed by atoms with Gasteiger partial charge in [0, 0.05) is 24.5 Å². The fourth-order valence-electron chi connectivity index (χ4n) is 2.28. The first-order valence-corrected chi connectivity index (χ1v) is 9.08. The first-order chi connectivity index (χ1) is 8.97. The second kappa shape index (κ2) is 6.02. The van der Waals surface area contributed by atoms with Crippen LogP contribution in [0.5, 0.6) is 0 Å². The molecule has 19 heavy (non-hydrogen) atoms. The molecule has 1 aliphatic rings. The van der Waals surface area contributed by atoms with Crippen LogP contribution in [0, 0.1) is 0 Å². The molecule has 1 atom stereocenters. The molecule has 1 saturated heterocycles. The fourth-order valence-corrected chi connectivity index (χ4v) is 3.40. The van der Waals surface area contributed by atoms with E-state index in [0.29, 0.717) is 18.7 Å². The highest BCUT2D eigenvalue weighted by molar-refractivity contribution is 7.88. The van der Waals surface area contributed by atoms with Gasteiger partial charge in [-0.3, -0.25) is 4.79 Å².